The molecule has 10 aliphatic rings. The zero-order chi connectivity index (χ0) is 53.9. The van der Waals surface area contributed by atoms with E-state index in [1.807, 2.05) is 12.1 Å². The zero-order valence-corrected chi connectivity index (χ0v) is 43.3. The van der Waals surface area contributed by atoms with Crippen LogP contribution in [0.2, 0.25) is 0 Å². The van der Waals surface area contributed by atoms with E-state index in [-0.39, 0.29) is 17.6 Å². The van der Waals surface area contributed by atoms with Crippen LogP contribution in [0.4, 0.5) is 0 Å². The topological polar surface area (TPSA) is 310 Å². The Balaban J connectivity index is 0.000000143. The second-order valence-corrected chi connectivity index (χ2v) is 22.3. The minimum absolute atomic E-state index is 0.151. The van der Waals surface area contributed by atoms with Gasteiger partial charge in [0.2, 0.25) is 0 Å². The molecule has 10 heterocycles. The van der Waals surface area contributed by atoms with Gasteiger partial charge >= 0.3 is 5.97 Å². The summed E-state index contributed by atoms with van der Waals surface area (Å²) < 4.78 is 27.0. The number of nitrogens with one attached hydrogen (secondary N) is 1. The third-order valence-corrected chi connectivity index (χ3v) is 18.1. The number of phenols is 2. The van der Waals surface area contributed by atoms with Crippen molar-refractivity contribution in [2.75, 3.05) is 59.7 Å². The standard InChI is InChI=1S/C27H36N2O8.C19H24N2O.C9H16O8/c1-2-14-7-13-8-18-22(14)28(10-13)6-5-16-17-9-15(31)3-4-19(17)29(23(16)18)21(32)12-36-27-26(35)25(34)24(33)20(11-30)37-27;1-2-12-7-11-8-16-18-14(5-6-21(10-11)19(12)16)15-9-13(22)3-4-17(15)20-18;1-15-5(11)3-16-9-8(14)7(13)6(12)4(2-10)17-9/h3-4,9,13-14,18,20,22,24-27,30-31,33-35H,2,5-8,10-12H2,1H3;3-4,9,11-12,16,19-20,22H,2,5-8,10H2,1H3;4,6-10,12-14H,2-3H2,1H3/t13-,14-,18+,20?,22?,24+,25-,26?,27-;11-,12-,16-,19?;4?,6-,7+,8?,9+/m001/s1. The molecule has 0 amide bonds. The van der Waals surface area contributed by atoms with E-state index in [9.17, 15) is 55.5 Å². The predicted octanol–water partition coefficient (Wildman–Crippen LogP) is 1.17. The van der Waals surface area contributed by atoms with Gasteiger partial charge in [0.15, 0.2) is 12.6 Å². The van der Waals surface area contributed by atoms with E-state index >= 15 is 0 Å². The first-order valence-electron chi connectivity index (χ1n) is 27.2. The van der Waals surface area contributed by atoms with Gasteiger partial charge in [-0.1, -0.05) is 26.7 Å². The third kappa shape index (κ3) is 10.2. The molecule has 6 saturated heterocycles. The van der Waals surface area contributed by atoms with Gasteiger partial charge in [-0.2, -0.15) is 0 Å². The van der Waals surface area contributed by atoms with Crippen LogP contribution in [0.5, 0.6) is 11.5 Å². The number of piperidine rings is 4. The van der Waals surface area contributed by atoms with Crippen molar-refractivity contribution in [1.82, 2.24) is 19.4 Å². The molecule has 8 unspecified atom stereocenters. The Morgan fingerprint density at radius 2 is 1.18 bits per heavy atom. The number of esters is 1. The number of methoxy groups -OCH3 is 1. The molecule has 418 valence electrons. The van der Waals surface area contributed by atoms with Gasteiger partial charge in [-0.05, 0) is 110 Å². The van der Waals surface area contributed by atoms with Crippen LogP contribution in [-0.4, -0.2) is 216 Å². The van der Waals surface area contributed by atoms with Gasteiger partial charge in [-0.15, -0.1) is 0 Å². The van der Waals surface area contributed by atoms with E-state index in [0.717, 1.165) is 73.3 Å². The molecule has 0 radical (unpaired) electrons. The molecule has 2 aliphatic carbocycles. The van der Waals surface area contributed by atoms with E-state index in [0.29, 0.717) is 35.1 Å². The van der Waals surface area contributed by atoms with Crippen LogP contribution in [0.25, 0.3) is 21.8 Å². The summed E-state index contributed by atoms with van der Waals surface area (Å²) in [5.74, 6) is 3.29. The number of H-pyrrole nitrogens is 1. The van der Waals surface area contributed by atoms with Crippen molar-refractivity contribution in [2.24, 2.45) is 23.7 Å². The largest absolute Gasteiger partial charge is 0.508 e. The lowest BCUT2D eigenvalue weighted by atomic mass is 9.65. The number of phenolic OH excluding ortho intramolecular Hbond substituents is 2. The fourth-order valence-electron chi connectivity index (χ4n) is 14.6. The quantitative estimate of drug-likeness (QED) is 0.0994. The number of hydrogen-bond acceptors (Lipinski definition) is 19. The highest BCUT2D eigenvalue weighted by molar-refractivity contribution is 5.97. The number of nitrogens with zero attached hydrogens (tertiary/aromatic N) is 3. The van der Waals surface area contributed by atoms with E-state index < -0.39 is 93.8 Å². The van der Waals surface area contributed by atoms with Crippen LogP contribution in [0.15, 0.2) is 36.4 Å². The summed E-state index contributed by atoms with van der Waals surface area (Å²) in [7, 11) is 1.17. The number of aromatic amines is 1. The molecule has 4 aromatic rings. The number of hydrogen-bond donors (Lipinski definition) is 11. The van der Waals surface area contributed by atoms with Crippen LogP contribution in [0, 0.1) is 23.7 Å². The highest BCUT2D eigenvalue weighted by Crippen LogP contribution is 2.53. The zero-order valence-electron chi connectivity index (χ0n) is 43.3. The molecule has 2 aromatic carbocycles. The molecule has 8 bridgehead atoms. The van der Waals surface area contributed by atoms with Crippen molar-refractivity contribution in [3.63, 3.8) is 0 Å². The molecular weight excluding hydrogens is 989 g/mol. The van der Waals surface area contributed by atoms with Gasteiger partial charge < -0.3 is 79.7 Å². The lowest BCUT2D eigenvalue weighted by Crippen LogP contribution is -2.59. The molecule has 8 fully saturated rings. The highest BCUT2D eigenvalue weighted by atomic mass is 16.7. The van der Waals surface area contributed by atoms with Crippen molar-refractivity contribution in [3.05, 3.63) is 58.9 Å². The lowest BCUT2D eigenvalue weighted by Gasteiger charge is -2.53. The SMILES string of the molecule is CC[C@H]1C[C@H]2C[C@H]3c4[nH]c5ccc(O)cc5c4CCN(C2)C13.CC[C@H]1C[C@H]2C[C@H]3c4c(c5cc(O)ccc5n4C(=O)CO[C@H]4OC(CO)[C@@H](O)[C@H](O)C4O)CCN(C2)C13.COC(=O)CO[C@H]1OC(CO)[C@@H](O)[C@H](O)C1O. The maximum atomic E-state index is 13.8. The van der Waals surface area contributed by atoms with Gasteiger partial charge in [0.25, 0.3) is 5.91 Å². The number of aromatic hydroxyl groups is 2. The number of aromatic nitrogens is 2. The predicted molar refractivity (Wildman–Crippen MR) is 272 cm³/mol. The summed E-state index contributed by atoms with van der Waals surface area (Å²) in [5, 5.41) is 99.4. The van der Waals surface area contributed by atoms with Crippen molar-refractivity contribution in [2.45, 2.75) is 151 Å². The Kier molecular flexibility index (Phi) is 16.5. The Bertz CT molecular complexity index is 2690. The van der Waals surface area contributed by atoms with Gasteiger partial charge in [-0.3, -0.25) is 19.2 Å². The monoisotopic (exact) mass is 1060 g/mol. The minimum atomic E-state index is -1.58. The second-order valence-electron chi connectivity index (χ2n) is 22.3. The maximum Gasteiger partial charge on any atom is 0.331 e. The summed E-state index contributed by atoms with van der Waals surface area (Å²) in [6.45, 7) is 7.09. The van der Waals surface area contributed by atoms with Crippen LogP contribution in [-0.2, 0) is 41.3 Å². The van der Waals surface area contributed by atoms with Crippen LogP contribution in [0.1, 0.15) is 91.5 Å². The number of fused-ring (bicyclic) bond motifs is 8. The summed E-state index contributed by atoms with van der Waals surface area (Å²) in [5.41, 5.74) is 6.97. The summed E-state index contributed by atoms with van der Waals surface area (Å²) in [4.78, 5) is 33.7. The van der Waals surface area contributed by atoms with E-state index in [2.05, 4.69) is 33.4 Å². The first kappa shape index (κ1) is 55.0. The summed E-state index contributed by atoms with van der Waals surface area (Å²) in [6.07, 6.45) is -4.66. The normalized spacial score (nSPS) is 37.9. The number of carbonyl (C=O) groups is 2. The molecule has 2 aromatic heterocycles. The van der Waals surface area contributed by atoms with Crippen molar-refractivity contribution < 1.29 is 84.3 Å². The highest BCUT2D eigenvalue weighted by Gasteiger charge is 2.52. The van der Waals surface area contributed by atoms with Crippen molar-refractivity contribution >= 4 is 33.7 Å². The van der Waals surface area contributed by atoms with Gasteiger partial charge in [-0.25, -0.2) is 4.79 Å². The molecule has 11 N–H and O–H groups in total. The number of carbonyl (C=O) groups excluding carboxylic acids is 2. The van der Waals surface area contributed by atoms with Crippen LogP contribution < -0.4 is 0 Å². The number of rotatable bonds is 10. The third-order valence-electron chi connectivity index (χ3n) is 18.1. The van der Waals surface area contributed by atoms with Gasteiger partial charge in [0, 0.05) is 77.8 Å². The fourth-order valence-corrected chi connectivity index (χ4v) is 14.6. The molecular formula is C55H76N4O17. The smallest absolute Gasteiger partial charge is 0.331 e. The molecule has 76 heavy (non-hydrogen) atoms. The summed E-state index contributed by atoms with van der Waals surface area (Å²) >= 11 is 0. The fraction of sp³-hybridized carbons (Fsp3) is 0.673. The van der Waals surface area contributed by atoms with Crippen LogP contribution >= 0.6 is 0 Å². The molecule has 20 atom stereocenters. The van der Waals surface area contributed by atoms with Crippen molar-refractivity contribution in [1.29, 1.82) is 0 Å². The van der Waals surface area contributed by atoms with Gasteiger partial charge in [0.1, 0.15) is 73.5 Å². The number of aliphatic hydroxyl groups is 8. The van der Waals surface area contributed by atoms with Crippen molar-refractivity contribution in [3.8, 4) is 11.5 Å². The molecule has 21 nitrogen and oxygen atoms in total. The minimum Gasteiger partial charge on any atom is -0.508 e. The Morgan fingerprint density at radius 1 is 0.658 bits per heavy atom. The second kappa shape index (κ2) is 22.8. The maximum absolute atomic E-state index is 13.8. The first-order valence-corrected chi connectivity index (χ1v) is 27.2. The molecule has 8 aliphatic heterocycles. The average Bonchev–Trinajstić information content (AvgIpc) is 3.95. The number of ether oxygens (including phenoxy) is 5. The molecule has 0 spiro atoms. The van der Waals surface area contributed by atoms with E-state index in [4.69, 9.17) is 24.1 Å². The summed E-state index contributed by atoms with van der Waals surface area (Å²) in [6, 6.07) is 12.0. The van der Waals surface area contributed by atoms with Crippen LogP contribution in [0.3, 0.4) is 0 Å². The van der Waals surface area contributed by atoms with Gasteiger partial charge in [0.05, 0.1) is 25.8 Å². The molecule has 21 heteroatoms. The Labute approximate surface area is 440 Å². The Morgan fingerprint density at radius 3 is 1.75 bits per heavy atom. The van der Waals surface area contributed by atoms with E-state index in [1.54, 1.807) is 28.8 Å². The molecule has 2 saturated carbocycles. The van der Waals surface area contributed by atoms with E-state index in [1.165, 1.54) is 68.0 Å². The first-order chi connectivity index (χ1) is 36.6. The number of benzene rings is 2. The lowest BCUT2D eigenvalue weighted by molar-refractivity contribution is -0.300. The Hall–Kier alpha value is -4.30. The number of aliphatic hydroxyl groups excluding tert-OH is 8. The average molecular weight is 1070 g/mol. The molecule has 14 rings (SSSR count).